The van der Waals surface area contributed by atoms with Crippen LogP contribution < -0.4 is 0 Å². The second-order valence-electron chi connectivity index (χ2n) is 6.48. The topological polar surface area (TPSA) is 119 Å². The van der Waals surface area contributed by atoms with Crippen molar-refractivity contribution in [1.29, 1.82) is 0 Å². The molecule has 144 valence electrons. The van der Waals surface area contributed by atoms with Gasteiger partial charge in [-0.3, -0.25) is 4.79 Å². The number of amides is 1. The monoisotopic (exact) mass is 383 g/mol. The van der Waals surface area contributed by atoms with Gasteiger partial charge in [-0.05, 0) is 24.3 Å². The first-order valence-electron chi connectivity index (χ1n) is 8.53. The zero-order valence-corrected chi connectivity index (χ0v) is 15.2. The van der Waals surface area contributed by atoms with Gasteiger partial charge in [0.15, 0.2) is 17.3 Å². The van der Waals surface area contributed by atoms with Crippen molar-refractivity contribution >= 4 is 11.9 Å². The Labute approximate surface area is 159 Å². The third kappa shape index (κ3) is 2.85. The highest BCUT2D eigenvalue weighted by atomic mass is 16.5. The lowest BCUT2D eigenvalue weighted by Crippen LogP contribution is -2.35. The van der Waals surface area contributed by atoms with Gasteiger partial charge >= 0.3 is 5.97 Å². The van der Waals surface area contributed by atoms with Crippen molar-refractivity contribution in [3.05, 3.63) is 47.9 Å². The molecule has 3 aromatic heterocycles. The van der Waals surface area contributed by atoms with Gasteiger partial charge in [0.05, 0.1) is 7.11 Å². The first kappa shape index (κ1) is 17.9. The Morgan fingerprint density at radius 2 is 2.00 bits per heavy atom. The van der Waals surface area contributed by atoms with Crippen molar-refractivity contribution < 1.29 is 28.4 Å². The Morgan fingerprint density at radius 1 is 1.25 bits per heavy atom. The molecule has 0 saturated carbocycles. The van der Waals surface area contributed by atoms with Gasteiger partial charge in [-0.1, -0.05) is 11.2 Å². The number of esters is 1. The number of likely N-dealkylation sites (tertiary alicyclic amines) is 1. The molecule has 1 aliphatic rings. The molecule has 1 aliphatic heterocycles. The number of aliphatic hydroxyl groups is 1. The average molecular weight is 383 g/mol. The molecule has 0 bridgehead atoms. The molecule has 0 unspecified atom stereocenters. The summed E-state index contributed by atoms with van der Waals surface area (Å²) in [7, 11) is 2.90. The molecule has 1 saturated heterocycles. The fourth-order valence-corrected chi connectivity index (χ4v) is 3.07. The number of nitrogens with zero attached hydrogens (tertiary/aromatic N) is 3. The number of furan rings is 1. The van der Waals surface area contributed by atoms with E-state index in [1.54, 1.807) is 37.4 Å². The lowest BCUT2D eigenvalue weighted by atomic mass is 9.99. The van der Waals surface area contributed by atoms with E-state index < -0.39 is 17.5 Å². The normalized spacial score (nSPS) is 19.2. The Balaban J connectivity index is 1.62. The molecule has 3 aromatic rings. The van der Waals surface area contributed by atoms with Crippen LogP contribution in [0.25, 0.3) is 22.9 Å². The molecule has 1 fully saturated rings. The number of rotatable bonds is 4. The van der Waals surface area contributed by atoms with Crippen LogP contribution in [0, 0.1) is 0 Å². The number of aromatic nitrogens is 2. The number of carbonyl (C=O) groups is 2. The third-order valence-corrected chi connectivity index (χ3v) is 4.68. The summed E-state index contributed by atoms with van der Waals surface area (Å²) in [6.07, 6.45) is 0.227. The van der Waals surface area contributed by atoms with Gasteiger partial charge in [-0.2, -0.15) is 0 Å². The minimum Gasteiger partial charge on any atom is -0.464 e. The van der Waals surface area contributed by atoms with Gasteiger partial charge < -0.3 is 23.7 Å². The molecular formula is C19H17N3O6. The Bertz CT molecular complexity index is 1060. The minimum atomic E-state index is -1.72. The fraction of sp³-hybridized carbons (Fsp3) is 0.263. The second kappa shape index (κ2) is 6.61. The molecule has 1 N–H and O–H groups in total. The molecule has 4 rings (SSSR count). The fourth-order valence-electron chi connectivity index (χ4n) is 3.07. The van der Waals surface area contributed by atoms with Gasteiger partial charge in [0.2, 0.25) is 5.60 Å². The lowest BCUT2D eigenvalue weighted by Gasteiger charge is -2.16. The van der Waals surface area contributed by atoms with E-state index in [0.717, 1.165) is 0 Å². The van der Waals surface area contributed by atoms with Crippen LogP contribution in [0.4, 0.5) is 0 Å². The largest absolute Gasteiger partial charge is 0.464 e. The van der Waals surface area contributed by atoms with Crippen LogP contribution in [0.1, 0.15) is 22.7 Å². The van der Waals surface area contributed by atoms with E-state index in [2.05, 4.69) is 14.9 Å². The lowest BCUT2D eigenvalue weighted by molar-refractivity contribution is -0.144. The van der Waals surface area contributed by atoms with E-state index in [4.69, 9.17) is 8.94 Å². The van der Waals surface area contributed by atoms with Crippen molar-refractivity contribution in [2.75, 3.05) is 20.7 Å². The number of likely N-dealkylation sites (N-methyl/N-ethyl adjacent to an activating group) is 1. The SMILES string of the molecule is COC(=O)c1cccc(-c2ccc(-c3cc([C@]4(O)CCN(C)C4=O)on3)o2)n1. The molecule has 9 nitrogen and oxygen atoms in total. The standard InChI is InChI=1S/C19H17N3O6/c1-22-9-8-19(25,18(22)24)16-10-13(21-28-16)15-7-6-14(27-15)11-4-3-5-12(20-11)17(23)26-2/h3-7,10,25H,8-9H2,1-2H3/t19-/m1/s1. The summed E-state index contributed by atoms with van der Waals surface area (Å²) in [5.74, 6) is -0.118. The molecule has 1 amide bonds. The number of carbonyl (C=O) groups excluding carboxylic acids is 2. The van der Waals surface area contributed by atoms with E-state index in [0.29, 0.717) is 29.5 Å². The van der Waals surface area contributed by atoms with E-state index in [-0.39, 0.29) is 17.9 Å². The summed E-state index contributed by atoms with van der Waals surface area (Å²) in [5, 5.41) is 14.5. The van der Waals surface area contributed by atoms with Crippen molar-refractivity contribution in [1.82, 2.24) is 15.0 Å². The van der Waals surface area contributed by atoms with Crippen LogP contribution in [0.5, 0.6) is 0 Å². The van der Waals surface area contributed by atoms with Gasteiger partial charge in [0, 0.05) is 26.1 Å². The van der Waals surface area contributed by atoms with Crippen LogP contribution >= 0.6 is 0 Å². The van der Waals surface area contributed by atoms with E-state index in [9.17, 15) is 14.7 Å². The average Bonchev–Trinajstić information content (AvgIpc) is 3.44. The number of methoxy groups -OCH3 is 1. The number of ether oxygens (including phenoxy) is 1. The summed E-state index contributed by atoms with van der Waals surface area (Å²) in [4.78, 5) is 29.5. The molecule has 9 heteroatoms. The smallest absolute Gasteiger partial charge is 0.356 e. The van der Waals surface area contributed by atoms with Crippen LogP contribution in [-0.4, -0.2) is 52.7 Å². The first-order valence-corrected chi connectivity index (χ1v) is 8.53. The molecule has 28 heavy (non-hydrogen) atoms. The highest BCUT2D eigenvalue weighted by Crippen LogP contribution is 2.35. The number of hydrogen-bond acceptors (Lipinski definition) is 8. The first-order chi connectivity index (χ1) is 13.4. The number of hydrogen-bond donors (Lipinski definition) is 1. The van der Waals surface area contributed by atoms with E-state index in [1.807, 2.05) is 0 Å². The maximum absolute atomic E-state index is 12.2. The van der Waals surface area contributed by atoms with E-state index >= 15 is 0 Å². The quantitative estimate of drug-likeness (QED) is 0.678. The van der Waals surface area contributed by atoms with Crippen molar-refractivity contribution in [2.24, 2.45) is 0 Å². The molecule has 0 aromatic carbocycles. The molecule has 0 spiro atoms. The molecule has 0 aliphatic carbocycles. The summed E-state index contributed by atoms with van der Waals surface area (Å²) in [6.45, 7) is 0.429. The summed E-state index contributed by atoms with van der Waals surface area (Å²) < 4.78 is 15.7. The molecule has 4 heterocycles. The third-order valence-electron chi connectivity index (χ3n) is 4.68. The molecular weight excluding hydrogens is 366 g/mol. The molecule has 0 radical (unpaired) electrons. The van der Waals surface area contributed by atoms with Gasteiger partial charge in [0.25, 0.3) is 5.91 Å². The van der Waals surface area contributed by atoms with Crippen LogP contribution in [0.3, 0.4) is 0 Å². The van der Waals surface area contributed by atoms with Gasteiger partial charge in [-0.15, -0.1) is 0 Å². The second-order valence-corrected chi connectivity index (χ2v) is 6.48. The minimum absolute atomic E-state index is 0.0700. The van der Waals surface area contributed by atoms with Crippen molar-refractivity contribution in [3.63, 3.8) is 0 Å². The van der Waals surface area contributed by atoms with E-state index in [1.165, 1.54) is 18.1 Å². The van der Waals surface area contributed by atoms with Crippen molar-refractivity contribution in [3.8, 4) is 22.9 Å². The Morgan fingerprint density at radius 3 is 2.68 bits per heavy atom. The summed E-state index contributed by atoms with van der Waals surface area (Å²) in [5.41, 5.74) is -0.774. The van der Waals surface area contributed by atoms with Crippen LogP contribution in [0.2, 0.25) is 0 Å². The zero-order chi connectivity index (χ0) is 19.9. The predicted molar refractivity (Wildman–Crippen MR) is 94.9 cm³/mol. The Kier molecular flexibility index (Phi) is 4.23. The highest BCUT2D eigenvalue weighted by Gasteiger charge is 2.48. The van der Waals surface area contributed by atoms with Crippen molar-refractivity contribution in [2.45, 2.75) is 12.0 Å². The predicted octanol–water partition coefficient (Wildman–Crippen LogP) is 1.83. The van der Waals surface area contributed by atoms with Crippen LogP contribution in [-0.2, 0) is 15.1 Å². The number of pyridine rings is 1. The van der Waals surface area contributed by atoms with Gasteiger partial charge in [-0.25, -0.2) is 9.78 Å². The summed E-state index contributed by atoms with van der Waals surface area (Å²) >= 11 is 0. The highest BCUT2D eigenvalue weighted by molar-refractivity contribution is 5.88. The maximum atomic E-state index is 12.2. The summed E-state index contributed by atoms with van der Waals surface area (Å²) in [6, 6.07) is 9.73. The molecule has 1 atom stereocenters. The Hall–Kier alpha value is -3.46. The van der Waals surface area contributed by atoms with Gasteiger partial charge in [0.1, 0.15) is 17.1 Å². The zero-order valence-electron chi connectivity index (χ0n) is 15.2. The maximum Gasteiger partial charge on any atom is 0.356 e. The van der Waals surface area contributed by atoms with Crippen LogP contribution in [0.15, 0.2) is 45.3 Å².